The minimum atomic E-state index is -0.852. The monoisotopic (exact) mass is 271 g/mol. The molecule has 1 saturated heterocycles. The number of likely N-dealkylation sites (tertiary alicyclic amines) is 1. The Bertz CT molecular complexity index is 359. The Hall–Kier alpha value is -1.26. The number of piperidine rings is 1. The number of amides is 1. The molecule has 0 aromatic heterocycles. The van der Waals surface area contributed by atoms with Gasteiger partial charge in [0.15, 0.2) is 0 Å². The average Bonchev–Trinajstić information content (AvgIpc) is 2.26. The van der Waals surface area contributed by atoms with Crippen molar-refractivity contribution in [3.05, 3.63) is 0 Å². The van der Waals surface area contributed by atoms with E-state index in [9.17, 15) is 14.7 Å². The standard InChI is InChI=1S/C14H25NO4/c1-10(2)14(11(16)17)7-6-8-15(9-14)12(18)19-13(3,4)5/h10H,6-9H2,1-5H3,(H,16,17)/t14-/m0/s1. The zero-order valence-corrected chi connectivity index (χ0v) is 12.5. The summed E-state index contributed by atoms with van der Waals surface area (Å²) < 4.78 is 5.32. The van der Waals surface area contributed by atoms with Crippen molar-refractivity contribution >= 4 is 12.1 Å². The molecule has 1 heterocycles. The van der Waals surface area contributed by atoms with Gasteiger partial charge in [0.2, 0.25) is 0 Å². The summed E-state index contributed by atoms with van der Waals surface area (Å²) in [6.07, 6.45) is 0.890. The van der Waals surface area contributed by atoms with Gasteiger partial charge in [-0.25, -0.2) is 4.79 Å². The molecule has 1 N–H and O–H groups in total. The Kier molecular flexibility index (Phi) is 4.48. The first-order valence-corrected chi connectivity index (χ1v) is 6.80. The third kappa shape index (κ3) is 3.61. The summed E-state index contributed by atoms with van der Waals surface area (Å²) in [6, 6.07) is 0. The average molecular weight is 271 g/mol. The summed E-state index contributed by atoms with van der Waals surface area (Å²) in [5, 5.41) is 9.51. The van der Waals surface area contributed by atoms with Gasteiger partial charge < -0.3 is 14.7 Å². The molecular weight excluding hydrogens is 246 g/mol. The van der Waals surface area contributed by atoms with Crippen LogP contribution in [0, 0.1) is 11.3 Å². The van der Waals surface area contributed by atoms with Gasteiger partial charge in [-0.3, -0.25) is 4.79 Å². The molecule has 0 bridgehead atoms. The van der Waals surface area contributed by atoms with Crippen LogP contribution in [0.2, 0.25) is 0 Å². The highest BCUT2D eigenvalue weighted by molar-refractivity contribution is 5.77. The summed E-state index contributed by atoms with van der Waals surface area (Å²) in [5.74, 6) is -0.842. The number of carbonyl (C=O) groups is 2. The van der Waals surface area contributed by atoms with Gasteiger partial charge in [-0.1, -0.05) is 13.8 Å². The maximum Gasteiger partial charge on any atom is 0.410 e. The van der Waals surface area contributed by atoms with Crippen molar-refractivity contribution < 1.29 is 19.4 Å². The number of carboxylic acids is 1. The molecule has 0 unspecified atom stereocenters. The van der Waals surface area contributed by atoms with E-state index in [4.69, 9.17) is 4.74 Å². The first kappa shape index (κ1) is 15.8. The molecule has 19 heavy (non-hydrogen) atoms. The first-order valence-electron chi connectivity index (χ1n) is 6.80. The Labute approximate surface area is 114 Å². The summed E-state index contributed by atoms with van der Waals surface area (Å²) in [6.45, 7) is 10.0. The molecule has 0 aliphatic carbocycles. The minimum absolute atomic E-state index is 0.0183. The van der Waals surface area contributed by atoms with Crippen LogP contribution in [0.5, 0.6) is 0 Å². The van der Waals surface area contributed by atoms with Gasteiger partial charge >= 0.3 is 12.1 Å². The van der Waals surface area contributed by atoms with Crippen molar-refractivity contribution in [3.8, 4) is 0 Å². The highest BCUT2D eigenvalue weighted by Gasteiger charge is 2.46. The van der Waals surface area contributed by atoms with Crippen molar-refractivity contribution in [2.75, 3.05) is 13.1 Å². The Morgan fingerprint density at radius 2 is 1.89 bits per heavy atom. The zero-order valence-electron chi connectivity index (χ0n) is 12.5. The van der Waals surface area contributed by atoms with Crippen LogP contribution < -0.4 is 0 Å². The van der Waals surface area contributed by atoms with E-state index >= 15 is 0 Å². The van der Waals surface area contributed by atoms with Crippen LogP contribution in [-0.4, -0.2) is 40.8 Å². The van der Waals surface area contributed by atoms with Crippen LogP contribution in [0.25, 0.3) is 0 Å². The molecule has 1 fully saturated rings. The molecule has 5 heteroatoms. The fourth-order valence-electron chi connectivity index (χ4n) is 2.46. The number of carboxylic acid groups (broad SMARTS) is 1. The van der Waals surface area contributed by atoms with Gasteiger partial charge in [-0.05, 0) is 39.5 Å². The van der Waals surface area contributed by atoms with E-state index < -0.39 is 23.1 Å². The summed E-state index contributed by atoms with van der Waals surface area (Å²) in [5.41, 5.74) is -1.41. The van der Waals surface area contributed by atoms with Crippen molar-refractivity contribution in [1.29, 1.82) is 0 Å². The second kappa shape index (κ2) is 5.39. The molecule has 0 spiro atoms. The second-order valence-electron chi connectivity index (χ2n) is 6.62. The third-order valence-electron chi connectivity index (χ3n) is 3.71. The van der Waals surface area contributed by atoms with Crippen molar-refractivity contribution in [1.82, 2.24) is 4.90 Å². The lowest BCUT2D eigenvalue weighted by molar-refractivity contribution is -0.155. The van der Waals surface area contributed by atoms with Gasteiger partial charge in [-0.15, -0.1) is 0 Å². The fraction of sp³-hybridized carbons (Fsp3) is 0.857. The molecule has 5 nitrogen and oxygen atoms in total. The van der Waals surface area contributed by atoms with Gasteiger partial charge in [0.25, 0.3) is 0 Å². The maximum absolute atomic E-state index is 12.1. The summed E-state index contributed by atoms with van der Waals surface area (Å²) in [7, 11) is 0. The second-order valence-corrected chi connectivity index (χ2v) is 6.62. The van der Waals surface area contributed by atoms with E-state index in [1.54, 1.807) is 0 Å². The van der Waals surface area contributed by atoms with Crippen molar-refractivity contribution in [2.45, 2.75) is 53.1 Å². The van der Waals surface area contributed by atoms with Gasteiger partial charge in [0, 0.05) is 13.1 Å². The van der Waals surface area contributed by atoms with Gasteiger partial charge in [-0.2, -0.15) is 0 Å². The van der Waals surface area contributed by atoms with Crippen LogP contribution in [0.3, 0.4) is 0 Å². The topological polar surface area (TPSA) is 66.8 Å². The molecule has 1 rings (SSSR count). The van der Waals surface area contributed by atoms with Crippen molar-refractivity contribution in [3.63, 3.8) is 0 Å². The predicted molar refractivity (Wildman–Crippen MR) is 71.9 cm³/mol. The summed E-state index contributed by atoms with van der Waals surface area (Å²) >= 11 is 0. The Morgan fingerprint density at radius 1 is 1.32 bits per heavy atom. The Morgan fingerprint density at radius 3 is 2.32 bits per heavy atom. The van der Waals surface area contributed by atoms with Crippen LogP contribution >= 0.6 is 0 Å². The third-order valence-corrected chi connectivity index (χ3v) is 3.71. The van der Waals surface area contributed by atoms with Gasteiger partial charge in [0.05, 0.1) is 5.41 Å². The van der Waals surface area contributed by atoms with Crippen LogP contribution in [0.15, 0.2) is 0 Å². The zero-order chi connectivity index (χ0) is 14.8. The molecule has 1 aliphatic heterocycles. The Balaban J connectivity index is 2.84. The number of aliphatic carboxylic acids is 1. The van der Waals surface area contributed by atoms with E-state index in [0.717, 1.165) is 0 Å². The predicted octanol–water partition coefficient (Wildman–Crippen LogP) is 2.74. The molecule has 0 aromatic rings. The van der Waals surface area contributed by atoms with Gasteiger partial charge in [0.1, 0.15) is 5.60 Å². The lowest BCUT2D eigenvalue weighted by Crippen LogP contribution is -2.53. The number of nitrogens with zero attached hydrogens (tertiary/aromatic N) is 1. The molecule has 0 saturated carbocycles. The van der Waals surface area contributed by atoms with E-state index in [0.29, 0.717) is 19.4 Å². The lowest BCUT2D eigenvalue weighted by atomic mass is 9.71. The number of hydrogen-bond acceptors (Lipinski definition) is 3. The molecule has 0 aromatic carbocycles. The molecule has 1 atom stereocenters. The van der Waals surface area contributed by atoms with E-state index in [2.05, 4.69) is 0 Å². The summed E-state index contributed by atoms with van der Waals surface area (Å²) in [4.78, 5) is 25.2. The number of rotatable bonds is 2. The highest BCUT2D eigenvalue weighted by atomic mass is 16.6. The van der Waals surface area contributed by atoms with E-state index in [-0.39, 0.29) is 12.5 Å². The quantitative estimate of drug-likeness (QED) is 0.838. The number of carbonyl (C=O) groups excluding carboxylic acids is 1. The first-order chi connectivity index (χ1) is 8.58. The SMILES string of the molecule is CC(C)[C@]1(C(=O)O)CCCN(C(=O)OC(C)(C)C)C1. The minimum Gasteiger partial charge on any atom is -0.481 e. The molecule has 1 aliphatic rings. The maximum atomic E-state index is 12.1. The van der Waals surface area contributed by atoms with Crippen LogP contribution in [0.4, 0.5) is 4.79 Å². The van der Waals surface area contributed by atoms with E-state index in [1.807, 2.05) is 34.6 Å². The normalized spacial score (nSPS) is 24.4. The van der Waals surface area contributed by atoms with Crippen LogP contribution in [0.1, 0.15) is 47.5 Å². The number of ether oxygens (including phenoxy) is 1. The lowest BCUT2D eigenvalue weighted by Gasteiger charge is -2.42. The van der Waals surface area contributed by atoms with Crippen LogP contribution in [-0.2, 0) is 9.53 Å². The molecule has 110 valence electrons. The van der Waals surface area contributed by atoms with E-state index in [1.165, 1.54) is 4.90 Å². The fourth-order valence-corrected chi connectivity index (χ4v) is 2.46. The molecular formula is C14H25NO4. The smallest absolute Gasteiger partial charge is 0.410 e. The number of hydrogen-bond donors (Lipinski definition) is 1. The highest BCUT2D eigenvalue weighted by Crippen LogP contribution is 2.38. The van der Waals surface area contributed by atoms with Crippen molar-refractivity contribution in [2.24, 2.45) is 11.3 Å². The molecule has 1 amide bonds. The largest absolute Gasteiger partial charge is 0.481 e. The molecule has 0 radical (unpaired) electrons.